The van der Waals surface area contributed by atoms with Crippen LogP contribution in [0.25, 0.3) is 0 Å². The number of pyridine rings is 1. The Morgan fingerprint density at radius 3 is 2.48 bits per heavy atom. The van der Waals surface area contributed by atoms with Gasteiger partial charge in [-0.3, -0.25) is 14.4 Å². The predicted molar refractivity (Wildman–Crippen MR) is 84.5 cm³/mol. The molecule has 1 aromatic heterocycles. The lowest BCUT2D eigenvalue weighted by molar-refractivity contribution is -0.118. The van der Waals surface area contributed by atoms with E-state index in [1.165, 1.54) is 6.92 Å². The number of anilines is 2. The van der Waals surface area contributed by atoms with Crippen molar-refractivity contribution in [3.05, 3.63) is 65.5 Å². The van der Waals surface area contributed by atoms with Crippen molar-refractivity contribution in [1.29, 1.82) is 0 Å². The predicted octanol–water partition coefficient (Wildman–Crippen LogP) is 2.22. The van der Waals surface area contributed by atoms with Gasteiger partial charge in [-0.15, -0.1) is 0 Å². The van der Waals surface area contributed by atoms with Gasteiger partial charge in [-0.2, -0.15) is 0 Å². The summed E-state index contributed by atoms with van der Waals surface area (Å²) in [4.78, 5) is 39.8. The zero-order chi connectivity index (χ0) is 16.4. The largest absolute Gasteiger partial charge is 0.340 e. The first-order chi connectivity index (χ1) is 11.0. The Morgan fingerprint density at radius 1 is 1.04 bits per heavy atom. The number of aromatic nitrogens is 1. The fraction of sp³-hybridized carbons (Fsp3) is 0.0588. The van der Waals surface area contributed by atoms with Gasteiger partial charge in [0.25, 0.3) is 0 Å². The molecular weight excluding hydrogens is 294 g/mol. The van der Waals surface area contributed by atoms with Crippen molar-refractivity contribution >= 4 is 29.0 Å². The standard InChI is InChI=1S/C17H13N3O3/c1-10(21)18-13-9-14(22)12-7-8-15(20-16(12)17(13)23)19-11-5-3-2-4-6-11/h2-9H,1H3,(H,18,21)(H,19,20). The van der Waals surface area contributed by atoms with Gasteiger partial charge in [0, 0.05) is 18.7 Å². The van der Waals surface area contributed by atoms with Gasteiger partial charge < -0.3 is 10.6 Å². The number of nitrogens with one attached hydrogen (secondary N) is 2. The lowest BCUT2D eigenvalue weighted by Crippen LogP contribution is -2.30. The maximum atomic E-state index is 12.4. The van der Waals surface area contributed by atoms with E-state index in [1.807, 2.05) is 30.3 Å². The van der Waals surface area contributed by atoms with E-state index >= 15 is 0 Å². The molecule has 3 rings (SSSR count). The highest BCUT2D eigenvalue weighted by Crippen LogP contribution is 2.22. The molecule has 1 aromatic carbocycles. The summed E-state index contributed by atoms with van der Waals surface area (Å²) < 4.78 is 0. The fourth-order valence-corrected chi connectivity index (χ4v) is 2.25. The number of ketones is 2. The first-order valence-corrected chi connectivity index (χ1v) is 6.96. The lowest BCUT2D eigenvalue weighted by atomic mass is 9.97. The maximum absolute atomic E-state index is 12.4. The van der Waals surface area contributed by atoms with Crippen molar-refractivity contribution in [3.63, 3.8) is 0 Å². The Kier molecular flexibility index (Phi) is 3.72. The van der Waals surface area contributed by atoms with E-state index in [0.29, 0.717) is 5.82 Å². The second-order valence-corrected chi connectivity index (χ2v) is 5.02. The van der Waals surface area contributed by atoms with E-state index < -0.39 is 11.7 Å². The molecule has 0 bridgehead atoms. The molecule has 0 aliphatic heterocycles. The number of hydrogen-bond acceptors (Lipinski definition) is 5. The number of fused-ring (bicyclic) bond motifs is 1. The van der Waals surface area contributed by atoms with E-state index in [0.717, 1.165) is 11.8 Å². The molecular formula is C17H13N3O3. The normalized spacial score (nSPS) is 13.2. The summed E-state index contributed by atoms with van der Waals surface area (Å²) in [5.74, 6) is -0.812. The molecule has 1 amide bonds. The number of Topliss-reactive ketones (excluding diaryl/α,β-unsaturated/α-hetero) is 1. The van der Waals surface area contributed by atoms with Gasteiger partial charge in [0.15, 0.2) is 5.78 Å². The molecule has 0 spiro atoms. The van der Waals surface area contributed by atoms with E-state index in [1.54, 1.807) is 12.1 Å². The lowest BCUT2D eigenvalue weighted by Gasteiger charge is -2.15. The van der Waals surface area contributed by atoms with Crippen LogP contribution in [0.1, 0.15) is 27.8 Å². The average Bonchev–Trinajstić information content (AvgIpc) is 2.53. The van der Waals surface area contributed by atoms with Gasteiger partial charge in [0.1, 0.15) is 11.5 Å². The van der Waals surface area contributed by atoms with Crippen molar-refractivity contribution in [2.45, 2.75) is 6.92 Å². The SMILES string of the molecule is CC(=O)NC1=CC(=O)c2ccc(Nc3ccccc3)nc2C1=O. The summed E-state index contributed by atoms with van der Waals surface area (Å²) in [7, 11) is 0. The van der Waals surface area contributed by atoms with Gasteiger partial charge in [0.2, 0.25) is 11.7 Å². The highest BCUT2D eigenvalue weighted by molar-refractivity contribution is 6.24. The minimum atomic E-state index is -0.480. The molecule has 1 aliphatic rings. The number of hydrogen-bond donors (Lipinski definition) is 2. The summed E-state index contributed by atoms with van der Waals surface area (Å²) in [6.07, 6.45) is 1.12. The zero-order valence-corrected chi connectivity index (χ0v) is 12.3. The molecule has 0 saturated heterocycles. The number of nitrogens with zero attached hydrogens (tertiary/aromatic N) is 1. The number of carbonyl (C=O) groups excluding carboxylic acids is 3. The average molecular weight is 307 g/mol. The topological polar surface area (TPSA) is 88.2 Å². The van der Waals surface area contributed by atoms with E-state index in [-0.39, 0.29) is 22.7 Å². The van der Waals surface area contributed by atoms with E-state index in [2.05, 4.69) is 15.6 Å². The Hall–Kier alpha value is -3.28. The monoisotopic (exact) mass is 307 g/mol. The van der Waals surface area contributed by atoms with Gasteiger partial charge in [-0.05, 0) is 24.3 Å². The van der Waals surface area contributed by atoms with Crippen molar-refractivity contribution in [3.8, 4) is 0 Å². The van der Waals surface area contributed by atoms with Crippen LogP contribution in [0.3, 0.4) is 0 Å². The Morgan fingerprint density at radius 2 is 1.78 bits per heavy atom. The van der Waals surface area contributed by atoms with Crippen LogP contribution in [0, 0.1) is 0 Å². The minimum Gasteiger partial charge on any atom is -0.340 e. The van der Waals surface area contributed by atoms with Gasteiger partial charge >= 0.3 is 0 Å². The van der Waals surface area contributed by atoms with Crippen LogP contribution in [0.15, 0.2) is 54.2 Å². The van der Waals surface area contributed by atoms with Crippen LogP contribution in [0.2, 0.25) is 0 Å². The molecule has 0 radical (unpaired) electrons. The van der Waals surface area contributed by atoms with Crippen LogP contribution in [0.5, 0.6) is 0 Å². The van der Waals surface area contributed by atoms with E-state index in [9.17, 15) is 14.4 Å². The summed E-state index contributed by atoms with van der Waals surface area (Å²) in [6, 6.07) is 12.5. The minimum absolute atomic E-state index is 0.0298. The van der Waals surface area contributed by atoms with Crippen LogP contribution < -0.4 is 10.6 Å². The maximum Gasteiger partial charge on any atom is 0.228 e. The number of amides is 1. The number of carbonyl (C=O) groups is 3. The summed E-state index contributed by atoms with van der Waals surface area (Å²) in [6.45, 7) is 1.27. The molecule has 114 valence electrons. The smallest absolute Gasteiger partial charge is 0.228 e. The summed E-state index contributed by atoms with van der Waals surface area (Å²) in [5.41, 5.74) is 1.01. The molecule has 23 heavy (non-hydrogen) atoms. The van der Waals surface area contributed by atoms with Crippen molar-refractivity contribution in [2.24, 2.45) is 0 Å². The Bertz CT molecular complexity index is 841. The zero-order valence-electron chi connectivity index (χ0n) is 12.3. The molecule has 6 heteroatoms. The van der Waals surface area contributed by atoms with Crippen LogP contribution in [-0.4, -0.2) is 22.5 Å². The highest BCUT2D eigenvalue weighted by atomic mass is 16.2. The molecule has 0 atom stereocenters. The van der Waals surface area contributed by atoms with E-state index in [4.69, 9.17) is 0 Å². The van der Waals surface area contributed by atoms with Crippen LogP contribution >= 0.6 is 0 Å². The van der Waals surface area contributed by atoms with Gasteiger partial charge in [0.05, 0.1) is 11.3 Å². The Balaban J connectivity index is 1.94. The van der Waals surface area contributed by atoms with Crippen molar-refractivity contribution in [2.75, 3.05) is 5.32 Å². The summed E-state index contributed by atoms with van der Waals surface area (Å²) in [5, 5.41) is 5.43. The molecule has 2 aromatic rings. The fourth-order valence-electron chi connectivity index (χ4n) is 2.25. The third-order valence-corrected chi connectivity index (χ3v) is 3.25. The second kappa shape index (κ2) is 5.84. The third-order valence-electron chi connectivity index (χ3n) is 3.25. The molecule has 0 fully saturated rings. The molecule has 2 N–H and O–H groups in total. The van der Waals surface area contributed by atoms with Gasteiger partial charge in [-0.1, -0.05) is 18.2 Å². The third kappa shape index (κ3) is 3.01. The van der Waals surface area contributed by atoms with Crippen molar-refractivity contribution in [1.82, 2.24) is 10.3 Å². The summed E-state index contributed by atoms with van der Waals surface area (Å²) >= 11 is 0. The molecule has 1 aliphatic carbocycles. The molecule has 0 saturated carbocycles. The van der Waals surface area contributed by atoms with Gasteiger partial charge in [-0.25, -0.2) is 4.98 Å². The number of allylic oxidation sites excluding steroid dienone is 2. The van der Waals surface area contributed by atoms with Crippen molar-refractivity contribution < 1.29 is 14.4 Å². The number of rotatable bonds is 3. The first kappa shape index (κ1) is 14.6. The van der Waals surface area contributed by atoms with Crippen LogP contribution in [-0.2, 0) is 4.79 Å². The molecule has 0 unspecified atom stereocenters. The highest BCUT2D eigenvalue weighted by Gasteiger charge is 2.28. The number of benzene rings is 1. The molecule has 1 heterocycles. The van der Waals surface area contributed by atoms with Crippen LogP contribution in [0.4, 0.5) is 11.5 Å². The second-order valence-electron chi connectivity index (χ2n) is 5.02. The quantitative estimate of drug-likeness (QED) is 0.907. The number of para-hydroxylation sites is 1. The first-order valence-electron chi connectivity index (χ1n) is 6.96. The molecule has 6 nitrogen and oxygen atoms in total. The Labute approximate surface area is 132 Å².